The van der Waals surface area contributed by atoms with E-state index in [1.54, 1.807) is 0 Å². The van der Waals surface area contributed by atoms with E-state index in [4.69, 9.17) is 0 Å². The molecule has 0 fully saturated rings. The molecule has 0 aromatic rings. The highest BCUT2D eigenvalue weighted by Crippen LogP contribution is 2.11. The molecule has 0 aliphatic carbocycles. The maximum atomic E-state index is 11.3. The molecule has 0 rings (SSSR count). The van der Waals surface area contributed by atoms with E-state index < -0.39 is 33.5 Å². The van der Waals surface area contributed by atoms with Gasteiger partial charge in [-0.1, -0.05) is 13.3 Å². The predicted octanol–water partition coefficient (Wildman–Crippen LogP) is 0.760. The van der Waals surface area contributed by atoms with Gasteiger partial charge >= 0.3 is 5.97 Å². The Hall–Kier alpha value is -0.0700. The van der Waals surface area contributed by atoms with E-state index >= 15 is 0 Å². The minimum Gasteiger partial charge on any atom is -0.616 e. The molecule has 0 saturated carbocycles. The number of unbranched alkanes of at least 4 members (excludes halogenated alkanes) is 1. The Morgan fingerprint density at radius 3 is 2.57 bits per heavy atom. The Kier molecular flexibility index (Phi) is 7.22. The maximum absolute atomic E-state index is 11.3. The van der Waals surface area contributed by atoms with Crippen molar-refractivity contribution in [1.29, 1.82) is 0 Å². The largest absolute Gasteiger partial charge is 0.616 e. The zero-order valence-corrected chi connectivity index (χ0v) is 10.3. The first kappa shape index (κ1) is 13.9. The molecule has 0 spiro atoms. The summed E-state index contributed by atoms with van der Waals surface area (Å²) in [4.78, 5) is 11.3. The number of carbonyl (C=O) groups is 1. The summed E-state index contributed by atoms with van der Waals surface area (Å²) in [6, 6.07) is 0. The van der Waals surface area contributed by atoms with Crippen LogP contribution in [-0.4, -0.2) is 32.5 Å². The van der Waals surface area contributed by atoms with E-state index in [2.05, 4.69) is 4.18 Å². The summed E-state index contributed by atoms with van der Waals surface area (Å²) in [7, 11) is 0. The highest BCUT2D eigenvalue weighted by molar-refractivity contribution is 7.92. The van der Waals surface area contributed by atoms with Crippen LogP contribution in [0.3, 0.4) is 0 Å². The van der Waals surface area contributed by atoms with Crippen molar-refractivity contribution in [3.63, 3.8) is 0 Å². The Balaban J connectivity index is 4.18. The molecule has 4 nitrogen and oxygen atoms in total. The molecule has 0 heterocycles. The summed E-state index contributed by atoms with van der Waals surface area (Å²) in [6.07, 6.45) is 5.00. The van der Waals surface area contributed by atoms with Crippen molar-refractivity contribution in [1.82, 2.24) is 0 Å². The van der Waals surface area contributed by atoms with Gasteiger partial charge in [0.25, 0.3) is 0 Å². The lowest BCUT2D eigenvalue weighted by molar-refractivity contribution is -0.133. The van der Waals surface area contributed by atoms with Crippen LogP contribution in [0.1, 0.15) is 26.2 Å². The third-order valence-corrected chi connectivity index (χ3v) is 3.31. The van der Waals surface area contributed by atoms with E-state index in [-0.39, 0.29) is 0 Å². The first-order chi connectivity index (χ1) is 6.49. The summed E-state index contributed by atoms with van der Waals surface area (Å²) in [5.74, 6) is -0.625. The second kappa shape index (κ2) is 7.25. The number of rotatable bonds is 6. The van der Waals surface area contributed by atoms with Crippen LogP contribution in [0.25, 0.3) is 0 Å². The topological polar surface area (TPSA) is 66.4 Å². The van der Waals surface area contributed by atoms with Crippen LogP contribution in [0.5, 0.6) is 0 Å². The van der Waals surface area contributed by atoms with Crippen LogP contribution in [0.4, 0.5) is 0 Å². The van der Waals surface area contributed by atoms with Crippen LogP contribution in [0.15, 0.2) is 0 Å². The Morgan fingerprint density at radius 2 is 2.21 bits per heavy atom. The fourth-order valence-electron chi connectivity index (χ4n) is 0.978. The van der Waals surface area contributed by atoms with E-state index in [0.717, 1.165) is 12.8 Å². The monoisotopic (exact) mass is 240 g/mol. The molecule has 0 amide bonds. The lowest BCUT2D eigenvalue weighted by Crippen LogP contribution is -2.31. The average molecular weight is 240 g/mol. The first-order valence-corrected chi connectivity index (χ1v) is 7.47. The second-order valence-electron chi connectivity index (χ2n) is 2.93. The number of carbonyl (C=O) groups excluding carboxylic acids is 1. The molecule has 84 valence electrons. The lowest BCUT2D eigenvalue weighted by atomic mass is 10.2. The summed E-state index contributed by atoms with van der Waals surface area (Å²) in [5.41, 5.74) is 0. The third-order valence-electron chi connectivity index (χ3n) is 1.68. The highest BCUT2D eigenvalue weighted by Gasteiger charge is 2.29. The zero-order valence-electron chi connectivity index (χ0n) is 8.65. The van der Waals surface area contributed by atoms with Gasteiger partial charge in [-0.3, -0.25) is 0 Å². The minimum atomic E-state index is -1.62. The van der Waals surface area contributed by atoms with Gasteiger partial charge in [-0.2, -0.15) is 0 Å². The Morgan fingerprint density at radius 1 is 1.64 bits per heavy atom. The number of hydrogen-bond acceptors (Lipinski definition) is 4. The van der Waals surface area contributed by atoms with Gasteiger partial charge in [-0.05, 0) is 17.6 Å². The third kappa shape index (κ3) is 5.62. The van der Waals surface area contributed by atoms with Gasteiger partial charge in [0.05, 0.1) is 6.26 Å². The van der Waals surface area contributed by atoms with Crippen molar-refractivity contribution in [3.05, 3.63) is 0 Å². The fraction of sp³-hybridized carbons (Fsp3) is 0.875. The van der Waals surface area contributed by atoms with Gasteiger partial charge in [0.1, 0.15) is 0 Å². The van der Waals surface area contributed by atoms with E-state index in [1.807, 2.05) is 6.92 Å². The molecule has 0 radical (unpaired) electrons. The summed E-state index contributed by atoms with van der Waals surface area (Å²) in [5, 5.41) is -0.640. The zero-order chi connectivity index (χ0) is 11.1. The molecule has 0 bridgehead atoms. The molecule has 0 aromatic heterocycles. The van der Waals surface area contributed by atoms with E-state index in [9.17, 15) is 13.6 Å². The molecule has 0 aliphatic heterocycles. The first-order valence-electron chi connectivity index (χ1n) is 4.36. The van der Waals surface area contributed by atoms with Gasteiger partial charge < -0.3 is 8.74 Å². The van der Waals surface area contributed by atoms with Crippen LogP contribution < -0.4 is 0 Å². The molecule has 3 unspecified atom stereocenters. The Labute approximate surface area is 90.2 Å². The quantitative estimate of drug-likeness (QED) is 0.643. The smallest absolute Gasteiger partial charge is 0.373 e. The van der Waals surface area contributed by atoms with Gasteiger partial charge in [0, 0.05) is 12.7 Å². The van der Waals surface area contributed by atoms with Crippen molar-refractivity contribution in [3.8, 4) is 0 Å². The SMILES string of the molecule is CCCCC(C(=O)OS(C)=O)[S+](C)[O-]. The van der Waals surface area contributed by atoms with Crippen molar-refractivity contribution >= 4 is 28.2 Å². The molecule has 0 N–H and O–H groups in total. The molecule has 0 aliphatic rings. The van der Waals surface area contributed by atoms with Crippen LogP contribution in [-0.2, 0) is 31.2 Å². The van der Waals surface area contributed by atoms with Crippen molar-refractivity contribution in [2.24, 2.45) is 0 Å². The van der Waals surface area contributed by atoms with Gasteiger partial charge in [0.2, 0.25) is 16.3 Å². The molecule has 0 saturated heterocycles. The highest BCUT2D eigenvalue weighted by atomic mass is 32.2. The predicted molar refractivity (Wildman–Crippen MR) is 57.5 cm³/mol. The van der Waals surface area contributed by atoms with Crippen molar-refractivity contribution in [2.45, 2.75) is 31.4 Å². The normalized spacial score (nSPS) is 17.1. The van der Waals surface area contributed by atoms with Gasteiger partial charge in [-0.15, -0.1) is 0 Å². The molecular weight excluding hydrogens is 224 g/mol. The van der Waals surface area contributed by atoms with Crippen LogP contribution in [0, 0.1) is 0 Å². The van der Waals surface area contributed by atoms with Crippen molar-refractivity contribution < 1.29 is 17.7 Å². The average Bonchev–Trinajstić information content (AvgIpc) is 2.02. The summed E-state index contributed by atoms with van der Waals surface area (Å²) in [6.45, 7) is 1.99. The van der Waals surface area contributed by atoms with Gasteiger partial charge in [-0.25, -0.2) is 9.00 Å². The molecule has 14 heavy (non-hydrogen) atoms. The standard InChI is InChI=1S/C8H16O4S2/c1-4-5-6-7(13(2)10)8(9)12-14(3)11/h7H,4-6H2,1-3H3. The maximum Gasteiger partial charge on any atom is 0.373 e. The molecule has 3 atom stereocenters. The van der Waals surface area contributed by atoms with Gasteiger partial charge in [0.15, 0.2) is 0 Å². The van der Waals surface area contributed by atoms with Crippen molar-refractivity contribution in [2.75, 3.05) is 12.5 Å². The molecule has 6 heteroatoms. The number of hydrogen-bond donors (Lipinski definition) is 0. The lowest BCUT2D eigenvalue weighted by Gasteiger charge is -2.15. The second-order valence-corrected chi connectivity index (χ2v) is 5.47. The summed E-state index contributed by atoms with van der Waals surface area (Å²) < 4.78 is 26.3. The molecule has 0 aromatic carbocycles. The van der Waals surface area contributed by atoms with Crippen LogP contribution in [0.2, 0.25) is 0 Å². The molecular formula is C8H16O4S2. The van der Waals surface area contributed by atoms with E-state index in [1.165, 1.54) is 12.5 Å². The minimum absolute atomic E-state index is 0.523. The van der Waals surface area contributed by atoms with Crippen LogP contribution >= 0.6 is 0 Å². The van der Waals surface area contributed by atoms with E-state index in [0.29, 0.717) is 6.42 Å². The fourth-order valence-corrected chi connectivity index (χ4v) is 2.20. The summed E-state index contributed by atoms with van der Waals surface area (Å²) >= 11 is -2.88. The Bertz CT molecular complexity index is 206.